The molecular weight excluding hydrogens is 384 g/mol. The van der Waals surface area contributed by atoms with E-state index in [1.807, 2.05) is 0 Å². The largest absolute Gasteiger partial charge is 1.00 e. The van der Waals surface area contributed by atoms with Crippen LogP contribution in [-0.4, -0.2) is 13.5 Å². The van der Waals surface area contributed by atoms with Crippen molar-refractivity contribution in [1.82, 2.24) is 0 Å². The number of sulfonamides is 1. The summed E-state index contributed by atoms with van der Waals surface area (Å²) in [7, 11) is -5.25. The Kier molecular flexibility index (Phi) is 6.81. The zero-order valence-electron chi connectivity index (χ0n) is 12.2. The molecule has 0 fully saturated rings. The van der Waals surface area contributed by atoms with Gasteiger partial charge in [0.05, 0.1) is 0 Å². The third-order valence-corrected chi connectivity index (χ3v) is 4.17. The van der Waals surface area contributed by atoms with Gasteiger partial charge in [-0.1, -0.05) is 12.1 Å². The van der Waals surface area contributed by atoms with Gasteiger partial charge in [0.25, 0.3) is 0 Å². The molecule has 0 aliphatic carbocycles. The maximum absolute atomic E-state index is 13.5. The second kappa shape index (κ2) is 7.66. The zero-order valence-corrected chi connectivity index (χ0v) is 16.2. The number of phenols is 1. The number of phenolic OH excluding ortho intramolecular Hbond substituents is 1. The number of hydrogen-bond acceptors (Lipinski definition) is 3. The third-order valence-electron chi connectivity index (χ3n) is 2.85. The van der Waals surface area contributed by atoms with Crippen LogP contribution in [0.2, 0.25) is 0 Å². The molecule has 0 unspecified atom stereocenters. The number of rotatable bonds is 3. The molecule has 0 aliphatic rings. The Bertz CT molecular complexity index is 876. The Labute approximate surface area is 176 Å². The maximum Gasteiger partial charge on any atom is 1.00 e. The SMILES string of the molecule is Cc1ccc([N-]S(=O)(=O)c2c(F)c(F)c(F)c(F)c2F)cc1O.[K+]. The molecule has 2 aromatic rings. The smallest absolute Gasteiger partial charge is 0.572 e. The first kappa shape index (κ1) is 21.3. The van der Waals surface area contributed by atoms with Gasteiger partial charge in [0.15, 0.2) is 23.3 Å². The summed E-state index contributed by atoms with van der Waals surface area (Å²) < 4.78 is 92.9. The van der Waals surface area contributed by atoms with Crippen LogP contribution in [0.15, 0.2) is 23.1 Å². The van der Waals surface area contributed by atoms with Gasteiger partial charge in [-0.2, -0.15) is 0 Å². The minimum atomic E-state index is -5.25. The summed E-state index contributed by atoms with van der Waals surface area (Å²) >= 11 is 0. The molecule has 0 aliphatic heterocycles. The minimum absolute atomic E-state index is 0. The van der Waals surface area contributed by atoms with Crippen molar-refractivity contribution in [3.05, 3.63) is 57.6 Å². The van der Waals surface area contributed by atoms with Crippen LogP contribution in [0, 0.1) is 36.0 Å². The Morgan fingerprint density at radius 3 is 1.83 bits per heavy atom. The van der Waals surface area contributed by atoms with E-state index in [0.717, 1.165) is 12.1 Å². The Balaban J connectivity index is 0.00000288. The van der Waals surface area contributed by atoms with Crippen molar-refractivity contribution in [2.45, 2.75) is 11.8 Å². The van der Waals surface area contributed by atoms with Gasteiger partial charge in [-0.3, -0.25) is 0 Å². The molecule has 0 saturated carbocycles. The van der Waals surface area contributed by atoms with E-state index >= 15 is 0 Å². The fraction of sp³-hybridized carbons (Fsp3) is 0.0769. The first-order valence-electron chi connectivity index (χ1n) is 5.85. The molecule has 0 atom stereocenters. The Hall–Kier alpha value is -0.724. The second-order valence-corrected chi connectivity index (χ2v) is 5.98. The quantitative estimate of drug-likeness (QED) is 0.364. The average Bonchev–Trinajstić information content (AvgIpc) is 2.46. The maximum atomic E-state index is 13.5. The molecule has 0 spiro atoms. The first-order valence-corrected chi connectivity index (χ1v) is 7.29. The number of nitrogens with zero attached hydrogens (tertiary/aromatic N) is 1. The van der Waals surface area contributed by atoms with Crippen molar-refractivity contribution in [3.8, 4) is 5.75 Å². The fourth-order valence-corrected chi connectivity index (χ4v) is 2.76. The molecule has 0 heterocycles. The predicted molar refractivity (Wildman–Crippen MR) is 69.3 cm³/mol. The summed E-state index contributed by atoms with van der Waals surface area (Å²) in [5.74, 6) is -12.7. The molecule has 0 bridgehead atoms. The number of aromatic hydroxyl groups is 1. The fourth-order valence-electron chi connectivity index (χ4n) is 1.65. The van der Waals surface area contributed by atoms with Crippen LogP contribution in [0.3, 0.4) is 0 Å². The second-order valence-electron chi connectivity index (χ2n) is 4.44. The molecule has 124 valence electrons. The number of benzene rings is 2. The van der Waals surface area contributed by atoms with E-state index in [1.165, 1.54) is 13.0 Å². The normalized spacial score (nSPS) is 11.1. The predicted octanol–water partition coefficient (Wildman–Crippen LogP) is 0.794. The molecule has 11 heteroatoms. The van der Waals surface area contributed by atoms with Crippen LogP contribution in [0.5, 0.6) is 5.75 Å². The molecule has 1 N–H and O–H groups in total. The Morgan fingerprint density at radius 1 is 0.917 bits per heavy atom. The first-order chi connectivity index (χ1) is 10.6. The van der Waals surface area contributed by atoms with Gasteiger partial charge < -0.3 is 9.83 Å². The summed E-state index contributed by atoms with van der Waals surface area (Å²) in [6, 6.07) is 3.19. The standard InChI is InChI=1S/C13H7F5NO3S.K/c1-5-2-3-6(4-7(5)20)19-23(21,22)13-11(17)9(15)8(14)10(16)12(13)18;/h2-4,20H,1H3;/q-1;+1. The Morgan fingerprint density at radius 2 is 1.38 bits per heavy atom. The summed E-state index contributed by atoms with van der Waals surface area (Å²) in [6.45, 7) is 1.48. The molecule has 0 radical (unpaired) electrons. The molecule has 2 rings (SSSR count). The van der Waals surface area contributed by atoms with Crippen molar-refractivity contribution in [3.63, 3.8) is 0 Å². The summed E-state index contributed by atoms with van der Waals surface area (Å²) in [6.07, 6.45) is 0. The summed E-state index contributed by atoms with van der Waals surface area (Å²) in [4.78, 5) is -2.06. The van der Waals surface area contributed by atoms with E-state index in [1.54, 1.807) is 0 Å². The third kappa shape index (κ3) is 3.91. The van der Waals surface area contributed by atoms with E-state index < -0.39 is 49.7 Å². The van der Waals surface area contributed by atoms with E-state index in [0.29, 0.717) is 5.56 Å². The van der Waals surface area contributed by atoms with E-state index in [-0.39, 0.29) is 57.1 Å². The van der Waals surface area contributed by atoms with Crippen LogP contribution in [0.1, 0.15) is 5.56 Å². The molecule has 4 nitrogen and oxygen atoms in total. The van der Waals surface area contributed by atoms with Gasteiger partial charge in [0.2, 0.25) is 5.82 Å². The van der Waals surface area contributed by atoms with Crippen LogP contribution < -0.4 is 51.4 Å². The zero-order chi connectivity index (χ0) is 17.5. The summed E-state index contributed by atoms with van der Waals surface area (Å²) in [5, 5.41) is 9.43. The van der Waals surface area contributed by atoms with Gasteiger partial charge in [0.1, 0.15) is 20.7 Å². The monoisotopic (exact) mass is 391 g/mol. The summed E-state index contributed by atoms with van der Waals surface area (Å²) in [5.41, 5.74) is -0.0883. The van der Waals surface area contributed by atoms with Crippen LogP contribution >= 0.6 is 0 Å². The van der Waals surface area contributed by atoms with Crippen LogP contribution in [0.25, 0.3) is 4.72 Å². The van der Waals surface area contributed by atoms with E-state index in [2.05, 4.69) is 4.72 Å². The average molecular weight is 391 g/mol. The van der Waals surface area contributed by atoms with Crippen molar-refractivity contribution in [1.29, 1.82) is 0 Å². The number of aryl methyl sites for hydroxylation is 1. The van der Waals surface area contributed by atoms with Crippen LogP contribution in [0.4, 0.5) is 27.6 Å². The number of halogens is 5. The molecule has 0 saturated heterocycles. The van der Waals surface area contributed by atoms with Gasteiger partial charge in [-0.25, -0.2) is 30.4 Å². The van der Waals surface area contributed by atoms with Gasteiger partial charge in [0, 0.05) is 0 Å². The van der Waals surface area contributed by atoms with Crippen molar-refractivity contribution >= 4 is 15.7 Å². The van der Waals surface area contributed by atoms with E-state index in [9.17, 15) is 35.5 Å². The minimum Gasteiger partial charge on any atom is -0.572 e. The van der Waals surface area contributed by atoms with Crippen molar-refractivity contribution in [2.75, 3.05) is 0 Å². The molecular formula is C13H7F5KNO3S. The van der Waals surface area contributed by atoms with E-state index in [4.69, 9.17) is 0 Å². The van der Waals surface area contributed by atoms with Crippen molar-refractivity contribution in [2.24, 2.45) is 0 Å². The molecule has 2 aromatic carbocycles. The molecule has 0 aromatic heterocycles. The topological polar surface area (TPSA) is 68.5 Å². The van der Waals surface area contributed by atoms with Gasteiger partial charge in [-0.15, -0.1) is 5.69 Å². The molecule has 0 amide bonds. The molecule has 24 heavy (non-hydrogen) atoms. The van der Waals surface area contributed by atoms with Crippen LogP contribution in [-0.2, 0) is 10.0 Å². The number of hydrogen-bond donors (Lipinski definition) is 1. The van der Waals surface area contributed by atoms with Crippen molar-refractivity contribution < 1.29 is 86.9 Å². The van der Waals surface area contributed by atoms with Gasteiger partial charge in [-0.05, 0) is 18.6 Å². The van der Waals surface area contributed by atoms with Gasteiger partial charge >= 0.3 is 51.4 Å².